The van der Waals surface area contributed by atoms with Crippen molar-refractivity contribution in [2.45, 2.75) is 43.7 Å². The summed E-state index contributed by atoms with van der Waals surface area (Å²) in [6.07, 6.45) is 5.30. The van der Waals surface area contributed by atoms with Gasteiger partial charge in [0.05, 0.1) is 0 Å². The lowest BCUT2D eigenvalue weighted by molar-refractivity contribution is -0.134. The molecule has 152 valence electrons. The Hall–Kier alpha value is -0.220. The third-order valence-electron chi connectivity index (χ3n) is 5.64. The topological polar surface area (TPSA) is 60.0 Å². The first-order chi connectivity index (χ1) is 11.9. The number of carbonyl (C=O) groups is 1. The molecule has 1 saturated carbocycles. The molecular formula is C18H36IN5OS. The van der Waals surface area contributed by atoms with Crippen molar-refractivity contribution < 1.29 is 4.79 Å². The first-order valence-electron chi connectivity index (χ1n) is 9.31. The van der Waals surface area contributed by atoms with E-state index >= 15 is 0 Å². The van der Waals surface area contributed by atoms with Crippen LogP contribution in [0.15, 0.2) is 4.99 Å². The number of halogens is 1. The first-order valence-corrected chi connectivity index (χ1v) is 10.5. The summed E-state index contributed by atoms with van der Waals surface area (Å²) in [5, 5.41) is 7.09. The van der Waals surface area contributed by atoms with Crippen LogP contribution in [0.1, 0.15) is 32.1 Å². The van der Waals surface area contributed by atoms with Crippen LogP contribution in [-0.2, 0) is 4.79 Å². The second kappa shape index (κ2) is 10.9. The van der Waals surface area contributed by atoms with Crippen molar-refractivity contribution in [1.29, 1.82) is 0 Å². The van der Waals surface area contributed by atoms with Crippen LogP contribution in [0.5, 0.6) is 0 Å². The molecule has 2 fully saturated rings. The van der Waals surface area contributed by atoms with Crippen LogP contribution in [-0.4, -0.2) is 86.5 Å². The number of amides is 1. The maximum Gasteiger partial charge on any atom is 0.225 e. The maximum atomic E-state index is 12.3. The summed E-state index contributed by atoms with van der Waals surface area (Å²) < 4.78 is 0. The monoisotopic (exact) mass is 497 g/mol. The zero-order valence-corrected chi connectivity index (χ0v) is 20.0. The molecule has 3 atom stereocenters. The van der Waals surface area contributed by atoms with E-state index in [9.17, 15) is 4.79 Å². The zero-order valence-electron chi connectivity index (χ0n) is 16.9. The minimum Gasteiger partial charge on any atom is -0.355 e. The zero-order chi connectivity index (χ0) is 18.4. The molecule has 6 nitrogen and oxygen atoms in total. The molecule has 2 rings (SSSR count). The van der Waals surface area contributed by atoms with E-state index < -0.39 is 0 Å². The fourth-order valence-electron chi connectivity index (χ4n) is 3.79. The molecule has 1 aliphatic heterocycles. The largest absolute Gasteiger partial charge is 0.355 e. The van der Waals surface area contributed by atoms with Crippen molar-refractivity contribution >= 4 is 47.6 Å². The van der Waals surface area contributed by atoms with Gasteiger partial charge in [0.25, 0.3) is 0 Å². The molecule has 26 heavy (non-hydrogen) atoms. The van der Waals surface area contributed by atoms with E-state index in [0.29, 0.717) is 6.04 Å². The summed E-state index contributed by atoms with van der Waals surface area (Å²) in [7, 11) is 9.86. The molecule has 0 aromatic rings. The Morgan fingerprint density at radius 3 is 2.54 bits per heavy atom. The number of aliphatic imine (C=N–C) groups is 1. The minimum absolute atomic E-state index is 0. The van der Waals surface area contributed by atoms with Crippen molar-refractivity contribution in [1.82, 2.24) is 20.4 Å². The maximum absolute atomic E-state index is 12.3. The van der Waals surface area contributed by atoms with Gasteiger partial charge in [-0.1, -0.05) is 6.42 Å². The highest BCUT2D eigenvalue weighted by atomic mass is 127. The molecule has 1 aliphatic carbocycles. The van der Waals surface area contributed by atoms with Gasteiger partial charge in [0.15, 0.2) is 5.96 Å². The lowest BCUT2D eigenvalue weighted by Gasteiger charge is -2.37. The normalized spacial score (nSPS) is 29.2. The number of hydrogen-bond donors (Lipinski definition) is 2. The Morgan fingerprint density at radius 1 is 1.27 bits per heavy atom. The van der Waals surface area contributed by atoms with Crippen LogP contribution in [0.3, 0.4) is 0 Å². The molecule has 1 amide bonds. The fraction of sp³-hybridized carbons (Fsp3) is 0.889. The van der Waals surface area contributed by atoms with Gasteiger partial charge >= 0.3 is 0 Å². The summed E-state index contributed by atoms with van der Waals surface area (Å²) >= 11 is 2.03. The highest BCUT2D eigenvalue weighted by Gasteiger charge is 2.37. The molecule has 3 unspecified atom stereocenters. The molecule has 8 heteroatoms. The van der Waals surface area contributed by atoms with E-state index in [-0.39, 0.29) is 41.3 Å². The predicted octanol–water partition coefficient (Wildman–Crippen LogP) is 1.85. The van der Waals surface area contributed by atoms with E-state index in [1.54, 1.807) is 4.90 Å². The number of likely N-dealkylation sites (N-methyl/N-ethyl adjacent to an activating group) is 1. The van der Waals surface area contributed by atoms with Crippen LogP contribution in [0.25, 0.3) is 0 Å². The van der Waals surface area contributed by atoms with Crippen LogP contribution >= 0.6 is 35.7 Å². The predicted molar refractivity (Wildman–Crippen MR) is 123 cm³/mol. The molecule has 0 spiro atoms. The molecule has 0 aromatic carbocycles. The number of guanidine groups is 1. The third kappa shape index (κ3) is 6.15. The molecule has 0 bridgehead atoms. The summed E-state index contributed by atoms with van der Waals surface area (Å²) in [5.74, 6) is 3.64. The average Bonchev–Trinajstić information content (AvgIpc) is 3.08. The molecular weight excluding hydrogens is 461 g/mol. The van der Waals surface area contributed by atoms with Crippen LogP contribution in [0, 0.1) is 5.92 Å². The third-order valence-corrected chi connectivity index (χ3v) is 6.88. The van der Waals surface area contributed by atoms with Crippen LogP contribution in [0.2, 0.25) is 0 Å². The second-order valence-electron chi connectivity index (χ2n) is 7.78. The lowest BCUT2D eigenvalue weighted by Crippen LogP contribution is -2.56. The van der Waals surface area contributed by atoms with Gasteiger partial charge in [0.1, 0.15) is 0 Å². The van der Waals surface area contributed by atoms with E-state index in [2.05, 4.69) is 34.6 Å². The molecule has 1 heterocycles. The number of nitrogens with one attached hydrogen (secondary N) is 2. The van der Waals surface area contributed by atoms with Gasteiger partial charge in [-0.25, -0.2) is 0 Å². The highest BCUT2D eigenvalue weighted by Crippen LogP contribution is 2.31. The van der Waals surface area contributed by atoms with Gasteiger partial charge in [-0.2, -0.15) is 11.8 Å². The van der Waals surface area contributed by atoms with Crippen molar-refractivity contribution in [2.75, 3.05) is 53.3 Å². The number of thioether (sulfide) groups is 1. The van der Waals surface area contributed by atoms with Crippen LogP contribution in [0.4, 0.5) is 0 Å². The highest BCUT2D eigenvalue weighted by molar-refractivity contribution is 14.0. The summed E-state index contributed by atoms with van der Waals surface area (Å²) in [5.41, 5.74) is 0.207. The SMILES string of the molecule is CN=C(NCC1(N(C)C)CCSC1)NC1CCCC(C(=O)N(C)C)C1.I. The molecule has 1 saturated heterocycles. The molecule has 2 aliphatic rings. The Morgan fingerprint density at radius 2 is 2.00 bits per heavy atom. The lowest BCUT2D eigenvalue weighted by atomic mass is 9.85. The molecule has 0 radical (unpaired) electrons. The van der Waals surface area contributed by atoms with Gasteiger partial charge in [-0.05, 0) is 45.5 Å². The Kier molecular flexibility index (Phi) is 10.0. The van der Waals surface area contributed by atoms with Gasteiger partial charge < -0.3 is 20.4 Å². The average molecular weight is 497 g/mol. The molecule has 2 N–H and O–H groups in total. The number of hydrogen-bond acceptors (Lipinski definition) is 4. The van der Waals surface area contributed by atoms with E-state index in [4.69, 9.17) is 0 Å². The van der Waals surface area contributed by atoms with Gasteiger partial charge in [-0.3, -0.25) is 9.79 Å². The van der Waals surface area contributed by atoms with E-state index in [1.807, 2.05) is 32.9 Å². The van der Waals surface area contributed by atoms with Crippen molar-refractivity contribution in [3.05, 3.63) is 0 Å². The number of carbonyl (C=O) groups excluding carboxylic acids is 1. The van der Waals surface area contributed by atoms with Crippen molar-refractivity contribution in [3.63, 3.8) is 0 Å². The Bertz CT molecular complexity index is 480. The quantitative estimate of drug-likeness (QED) is 0.345. The Balaban J connectivity index is 0.00000338. The van der Waals surface area contributed by atoms with Crippen LogP contribution < -0.4 is 10.6 Å². The van der Waals surface area contributed by atoms with E-state index in [0.717, 1.165) is 43.9 Å². The van der Waals surface area contributed by atoms with Gasteiger partial charge in [0, 0.05) is 50.9 Å². The van der Waals surface area contributed by atoms with E-state index in [1.165, 1.54) is 12.2 Å². The fourth-order valence-corrected chi connectivity index (χ4v) is 5.35. The number of rotatable bonds is 5. The standard InChI is InChI=1S/C18H35N5OS.HI/c1-19-17(20-12-18(23(4)5)9-10-25-13-18)21-15-8-6-7-14(11-15)16(24)22(2)3;/h14-15H,6-13H2,1-5H3,(H2,19,20,21);1H. The first kappa shape index (κ1) is 23.8. The summed E-state index contributed by atoms with van der Waals surface area (Å²) in [6, 6.07) is 0.321. The second-order valence-corrected chi connectivity index (χ2v) is 8.89. The van der Waals surface area contributed by atoms with Gasteiger partial charge in [0.2, 0.25) is 5.91 Å². The summed E-state index contributed by atoms with van der Waals surface area (Å²) in [6.45, 7) is 0.902. The number of nitrogens with zero attached hydrogens (tertiary/aromatic N) is 3. The Labute approximate surface area is 180 Å². The summed E-state index contributed by atoms with van der Waals surface area (Å²) in [4.78, 5) is 20.7. The van der Waals surface area contributed by atoms with Crippen molar-refractivity contribution in [2.24, 2.45) is 10.9 Å². The van der Waals surface area contributed by atoms with Crippen molar-refractivity contribution in [3.8, 4) is 0 Å². The molecule has 0 aromatic heterocycles. The smallest absolute Gasteiger partial charge is 0.225 e. The van der Waals surface area contributed by atoms with Gasteiger partial charge in [-0.15, -0.1) is 24.0 Å². The minimum atomic E-state index is 0.